The molecule has 0 saturated carbocycles. The van der Waals surface area contributed by atoms with Gasteiger partial charge in [0, 0.05) is 48.8 Å². The van der Waals surface area contributed by atoms with E-state index in [0.717, 1.165) is 35.4 Å². The summed E-state index contributed by atoms with van der Waals surface area (Å²) in [6, 6.07) is 24.6. The highest BCUT2D eigenvalue weighted by molar-refractivity contribution is 7.38. The Morgan fingerprint density at radius 2 is 0.614 bits per heavy atom. The molecule has 0 bridgehead atoms. The first-order valence-electron chi connectivity index (χ1n) is 33.5. The van der Waals surface area contributed by atoms with E-state index in [4.69, 9.17) is 0 Å². The number of rotatable bonds is 42. The maximum atomic E-state index is 9.99. The van der Waals surface area contributed by atoms with E-state index in [1.54, 1.807) is 29.9 Å². The van der Waals surface area contributed by atoms with E-state index in [-0.39, 0.29) is 11.1 Å². The molecule has 0 atom stereocenters. The molecule has 2 aliphatic rings. The summed E-state index contributed by atoms with van der Waals surface area (Å²) in [5.41, 5.74) is 2.98. The summed E-state index contributed by atoms with van der Waals surface area (Å²) in [6.07, 6.45) is 47.1. The predicted octanol–water partition coefficient (Wildman–Crippen LogP) is 23.0. The largest absolute Gasteiger partial charge is 0.192 e. The van der Waals surface area contributed by atoms with Crippen molar-refractivity contribution in [1.29, 1.82) is 21.0 Å². The van der Waals surface area contributed by atoms with Crippen LogP contribution in [0, 0.1) is 45.3 Å². The van der Waals surface area contributed by atoms with Crippen molar-refractivity contribution in [2.45, 2.75) is 284 Å². The molecular formula is C72H100N4S5Si2. The molecule has 446 valence electrons. The van der Waals surface area contributed by atoms with E-state index in [9.17, 15) is 21.0 Å². The monoisotopic (exact) mass is 1240 g/mol. The minimum atomic E-state index is -2.35. The van der Waals surface area contributed by atoms with Gasteiger partial charge in [0.15, 0.2) is 0 Å². The lowest BCUT2D eigenvalue weighted by atomic mass is 10.1. The predicted molar refractivity (Wildman–Crippen MR) is 374 cm³/mol. The van der Waals surface area contributed by atoms with E-state index in [1.807, 2.05) is 45.2 Å². The van der Waals surface area contributed by atoms with Gasteiger partial charge in [-0.25, -0.2) is 0 Å². The molecule has 7 rings (SSSR count). The zero-order chi connectivity index (χ0) is 58.9. The maximum Gasteiger partial charge on any atom is 0.131 e. The van der Waals surface area contributed by atoms with Crippen LogP contribution in [0.4, 0.5) is 0 Å². The molecule has 0 saturated heterocycles. The average molecular weight is 1240 g/mol. The number of unbranched alkanes of at least 4 members (excludes halogenated alkanes) is 26. The van der Waals surface area contributed by atoms with Crippen LogP contribution in [0.25, 0.3) is 51.2 Å². The van der Waals surface area contributed by atoms with Crippen molar-refractivity contribution in [3.05, 3.63) is 56.3 Å². The van der Waals surface area contributed by atoms with Gasteiger partial charge in [-0.2, -0.15) is 21.0 Å². The van der Waals surface area contributed by atoms with E-state index < -0.39 is 16.1 Å². The third-order valence-electron chi connectivity index (χ3n) is 18.4. The van der Waals surface area contributed by atoms with Crippen molar-refractivity contribution in [2.24, 2.45) is 0 Å². The van der Waals surface area contributed by atoms with Gasteiger partial charge in [0.25, 0.3) is 0 Å². The number of nitriles is 4. The van der Waals surface area contributed by atoms with Crippen molar-refractivity contribution < 1.29 is 0 Å². The molecule has 4 nitrogen and oxygen atoms in total. The molecule has 0 fully saturated rings. The summed E-state index contributed by atoms with van der Waals surface area (Å²) in [5.74, 6) is 0. The molecule has 0 spiro atoms. The highest BCUT2D eigenvalue weighted by Crippen LogP contribution is 2.53. The van der Waals surface area contributed by atoms with Gasteiger partial charge in [-0.1, -0.05) is 234 Å². The standard InChI is InChI=1S/C72H100N4S5Si2/c1-7-13-19-25-29-35-41-82(42-36-30-26-20-14-8-2)65-49-63(61-47-57(39-33-23-17-11-5)59(77-61)45-55(51-73)52-74)79-67(65)69-71(82)72-70(81-69)68-66(83(72,43-37-31-27-21-15-9-3)44-38-32-28-22-16-10-4)50-64(80-68)62-48-58(40-34-24-18-12-6)60(78-62)46-56(53-75)54-76/h45-50H,7-44H2,1-6H3. The van der Waals surface area contributed by atoms with Gasteiger partial charge in [0.1, 0.15) is 51.6 Å². The van der Waals surface area contributed by atoms with Crippen LogP contribution in [0.1, 0.15) is 268 Å². The van der Waals surface area contributed by atoms with Crippen molar-refractivity contribution >= 4 is 106 Å². The molecule has 7 heterocycles. The Bertz CT molecular complexity index is 2790. The van der Waals surface area contributed by atoms with Gasteiger partial charge in [0.05, 0.1) is 0 Å². The van der Waals surface area contributed by atoms with Crippen molar-refractivity contribution in [2.75, 3.05) is 0 Å². The van der Waals surface area contributed by atoms with Crippen molar-refractivity contribution in [3.63, 3.8) is 0 Å². The first-order valence-corrected chi connectivity index (χ1v) is 42.4. The number of aryl methyl sites for hydroxylation is 2. The van der Waals surface area contributed by atoms with Crippen LogP contribution in [-0.4, -0.2) is 16.1 Å². The Morgan fingerprint density at radius 3 is 0.916 bits per heavy atom. The SMILES string of the molecule is CCCCCCCC[Si]1(CCCCCCCC)c2cc(-c3cc(CCCCCC)c(C=C(C#N)C#N)s3)sc2-c2sc3c(c21)[Si](CCCCCCCC)(CCCCCCCC)c1cc(-c2cc(CCCCCC)c(C=C(C#N)C#N)s2)sc1-3. The fourth-order valence-corrected chi connectivity index (χ4v) is 35.8. The van der Waals surface area contributed by atoms with E-state index in [2.05, 4.69) is 124 Å². The number of fused-ring (bicyclic) bond motifs is 7. The molecule has 11 heteroatoms. The number of thiophene rings is 5. The van der Waals surface area contributed by atoms with E-state index in [0.29, 0.717) is 0 Å². The van der Waals surface area contributed by atoms with Crippen molar-refractivity contribution in [3.8, 4) is 63.3 Å². The first kappa shape index (κ1) is 66.9. The second kappa shape index (κ2) is 35.2. The fourth-order valence-electron chi connectivity index (χ4n) is 13.8. The topological polar surface area (TPSA) is 95.2 Å². The minimum Gasteiger partial charge on any atom is -0.192 e. The summed E-state index contributed by atoms with van der Waals surface area (Å²) in [5, 5.41) is 47.4. The molecule has 83 heavy (non-hydrogen) atoms. The highest BCUT2D eigenvalue weighted by atomic mass is 32.1. The molecule has 0 amide bonds. The zero-order valence-corrected chi connectivity index (χ0v) is 58.2. The molecule has 0 N–H and O–H groups in total. The summed E-state index contributed by atoms with van der Waals surface area (Å²) in [4.78, 5) is 14.2. The Balaban J connectivity index is 1.47. The Kier molecular flexibility index (Phi) is 28.4. The lowest BCUT2D eigenvalue weighted by molar-refractivity contribution is 0.616. The Hall–Kier alpha value is -3.63. The van der Waals surface area contributed by atoms with E-state index in [1.165, 1.54) is 247 Å². The van der Waals surface area contributed by atoms with Gasteiger partial charge < -0.3 is 0 Å². The minimum absolute atomic E-state index is 0.195. The Labute approximate surface area is 526 Å². The van der Waals surface area contributed by atoms with Crippen LogP contribution in [0.5, 0.6) is 0 Å². The highest BCUT2D eigenvalue weighted by Gasteiger charge is 2.57. The third kappa shape index (κ3) is 16.9. The second-order valence-electron chi connectivity index (χ2n) is 24.6. The quantitative estimate of drug-likeness (QED) is 0.0221. The average Bonchev–Trinajstić information content (AvgIpc) is 1.77. The molecule has 5 aromatic rings. The van der Waals surface area contributed by atoms with E-state index >= 15 is 0 Å². The number of hydrogen-bond donors (Lipinski definition) is 0. The molecule has 0 unspecified atom stereocenters. The van der Waals surface area contributed by atoms with Gasteiger partial charge in [-0.05, 0) is 118 Å². The van der Waals surface area contributed by atoms with Crippen LogP contribution in [0.15, 0.2) is 35.4 Å². The van der Waals surface area contributed by atoms with Crippen molar-refractivity contribution in [1.82, 2.24) is 0 Å². The molecule has 2 aliphatic heterocycles. The smallest absolute Gasteiger partial charge is 0.131 e. The van der Waals surface area contributed by atoms with Gasteiger partial charge in [-0.15, -0.1) is 56.7 Å². The van der Waals surface area contributed by atoms with Gasteiger partial charge >= 0.3 is 0 Å². The normalized spacial score (nSPS) is 13.2. The van der Waals surface area contributed by atoms with Crippen LogP contribution in [0.3, 0.4) is 0 Å². The van der Waals surface area contributed by atoms with Crippen LogP contribution >= 0.6 is 56.7 Å². The number of hydrogen-bond acceptors (Lipinski definition) is 9. The zero-order valence-electron chi connectivity index (χ0n) is 52.2. The summed E-state index contributed by atoms with van der Waals surface area (Å²) < 4.78 is 0. The Morgan fingerprint density at radius 1 is 0.337 bits per heavy atom. The summed E-state index contributed by atoms with van der Waals surface area (Å²) in [7, 11) is -4.70. The van der Waals surface area contributed by atoms with Crippen LogP contribution in [0.2, 0.25) is 24.2 Å². The fraction of sp³-hybridized carbons (Fsp3) is 0.611. The summed E-state index contributed by atoms with van der Waals surface area (Å²) in [6.45, 7) is 13.9. The second-order valence-corrected chi connectivity index (χ2v) is 38.3. The van der Waals surface area contributed by atoms with Crippen LogP contribution < -0.4 is 20.7 Å². The number of nitrogens with zero attached hydrogens (tertiary/aromatic N) is 4. The maximum absolute atomic E-state index is 9.99. The summed E-state index contributed by atoms with van der Waals surface area (Å²) >= 11 is 10.1. The lowest BCUT2D eigenvalue weighted by Crippen LogP contribution is -2.67. The molecule has 0 radical (unpaired) electrons. The molecular weight excluding hydrogens is 1140 g/mol. The molecule has 0 aliphatic carbocycles. The molecule has 5 aromatic heterocycles. The number of allylic oxidation sites excluding steroid dienone is 2. The van der Waals surface area contributed by atoms with Gasteiger partial charge in [0.2, 0.25) is 0 Å². The first-order chi connectivity index (χ1) is 40.7. The lowest BCUT2D eigenvalue weighted by Gasteiger charge is -2.36. The van der Waals surface area contributed by atoms with Gasteiger partial charge in [-0.3, -0.25) is 0 Å². The van der Waals surface area contributed by atoms with Crippen LogP contribution in [-0.2, 0) is 12.8 Å². The third-order valence-corrected chi connectivity index (χ3v) is 36.4. The molecule has 0 aromatic carbocycles.